The summed E-state index contributed by atoms with van der Waals surface area (Å²) in [6.45, 7) is 0.732. The van der Waals surface area contributed by atoms with Gasteiger partial charge in [0.15, 0.2) is 4.77 Å². The second-order valence-corrected chi connectivity index (χ2v) is 7.66. The van der Waals surface area contributed by atoms with Gasteiger partial charge in [-0.15, -0.1) is 11.3 Å². The lowest BCUT2D eigenvalue weighted by molar-refractivity contribution is 0.489. The number of aromatic amines is 1. The summed E-state index contributed by atoms with van der Waals surface area (Å²) in [5.74, 6) is 0. The number of thioether (sulfide) groups is 1. The van der Waals surface area contributed by atoms with E-state index in [1.807, 2.05) is 23.2 Å². The molecule has 0 saturated heterocycles. The van der Waals surface area contributed by atoms with Crippen LogP contribution in [0.4, 0.5) is 0 Å². The van der Waals surface area contributed by atoms with E-state index in [0.717, 1.165) is 16.8 Å². The number of nitrogens with one attached hydrogen (secondary N) is 1. The predicted molar refractivity (Wildman–Crippen MR) is 86.0 cm³/mol. The highest BCUT2D eigenvalue weighted by molar-refractivity contribution is 8.00. The molecule has 0 unspecified atom stereocenters. The van der Waals surface area contributed by atoms with Gasteiger partial charge in [-0.3, -0.25) is 9.36 Å². The Morgan fingerprint density at radius 1 is 1.53 bits per heavy atom. The average molecular weight is 312 g/mol. The summed E-state index contributed by atoms with van der Waals surface area (Å²) in [4.78, 5) is 15.7. The number of hydrogen-bond acceptors (Lipinski definition) is 4. The predicted octanol–water partition coefficient (Wildman–Crippen LogP) is 3.80. The molecule has 0 atom stereocenters. The van der Waals surface area contributed by atoms with E-state index >= 15 is 0 Å². The molecule has 1 aliphatic carbocycles. The zero-order valence-corrected chi connectivity index (χ0v) is 13.2. The zero-order valence-electron chi connectivity index (χ0n) is 10.8. The highest BCUT2D eigenvalue weighted by Crippen LogP contribution is 2.41. The maximum Gasteiger partial charge on any atom is 0.272 e. The van der Waals surface area contributed by atoms with Gasteiger partial charge >= 0.3 is 0 Å². The molecule has 2 heterocycles. The van der Waals surface area contributed by atoms with Gasteiger partial charge < -0.3 is 4.98 Å². The van der Waals surface area contributed by atoms with E-state index in [2.05, 4.69) is 11.2 Å². The van der Waals surface area contributed by atoms with E-state index in [9.17, 15) is 4.79 Å². The molecule has 0 spiro atoms. The molecule has 102 valence electrons. The first-order valence-corrected chi connectivity index (χ1v) is 8.92. The molecule has 6 heteroatoms. The second kappa shape index (κ2) is 5.07. The van der Waals surface area contributed by atoms with Crippen LogP contribution >= 0.6 is 35.3 Å². The lowest BCUT2D eigenvalue weighted by Crippen LogP contribution is -2.33. The Morgan fingerprint density at radius 2 is 2.26 bits per heavy atom. The molecule has 2 aromatic heterocycles. The Kier molecular flexibility index (Phi) is 3.57. The van der Waals surface area contributed by atoms with Crippen molar-refractivity contribution in [2.75, 3.05) is 6.26 Å². The topological polar surface area (TPSA) is 37.8 Å². The standard InChI is InChI=1S/C13H16N2OS3/c1-18-13(5-2-3-6-13)8-15-11(16)10-9(4-7-19-10)14-12(15)17/h4,7H,2-3,5-6,8H2,1H3,(H,14,17). The summed E-state index contributed by atoms with van der Waals surface area (Å²) >= 11 is 8.73. The number of fused-ring (bicyclic) bond motifs is 1. The van der Waals surface area contributed by atoms with Gasteiger partial charge in [-0.1, -0.05) is 12.8 Å². The van der Waals surface area contributed by atoms with Gasteiger partial charge in [0.05, 0.1) is 5.52 Å². The molecule has 0 radical (unpaired) electrons. The summed E-state index contributed by atoms with van der Waals surface area (Å²) in [6.07, 6.45) is 7.02. The lowest BCUT2D eigenvalue weighted by atomic mass is 10.1. The molecule has 0 amide bonds. The Labute approximate surface area is 125 Å². The van der Waals surface area contributed by atoms with Crippen LogP contribution in [-0.2, 0) is 6.54 Å². The van der Waals surface area contributed by atoms with Crippen LogP contribution in [0.5, 0.6) is 0 Å². The van der Waals surface area contributed by atoms with Crippen molar-refractivity contribution in [2.24, 2.45) is 0 Å². The average Bonchev–Trinajstić information content (AvgIpc) is 3.04. The first-order chi connectivity index (χ1) is 9.15. The number of hydrogen-bond donors (Lipinski definition) is 1. The Bertz CT molecular complexity index is 706. The van der Waals surface area contributed by atoms with E-state index in [-0.39, 0.29) is 10.3 Å². The monoisotopic (exact) mass is 312 g/mol. The normalized spacial score (nSPS) is 18.2. The van der Waals surface area contributed by atoms with E-state index in [4.69, 9.17) is 12.2 Å². The van der Waals surface area contributed by atoms with Gasteiger partial charge in [0.25, 0.3) is 5.56 Å². The Morgan fingerprint density at radius 3 is 2.95 bits per heavy atom. The molecular weight excluding hydrogens is 296 g/mol. The van der Waals surface area contributed by atoms with Crippen molar-refractivity contribution in [3.8, 4) is 0 Å². The minimum absolute atomic E-state index is 0.0640. The first-order valence-electron chi connectivity index (χ1n) is 6.41. The third-order valence-electron chi connectivity index (χ3n) is 3.99. The molecule has 3 nitrogen and oxygen atoms in total. The van der Waals surface area contributed by atoms with E-state index in [0.29, 0.717) is 4.77 Å². The van der Waals surface area contributed by atoms with Gasteiger partial charge in [-0.05, 0) is 42.8 Å². The van der Waals surface area contributed by atoms with Crippen LogP contribution in [0.15, 0.2) is 16.2 Å². The first kappa shape index (κ1) is 13.4. The maximum atomic E-state index is 12.5. The molecule has 1 fully saturated rings. The van der Waals surface area contributed by atoms with Crippen LogP contribution in [0.3, 0.4) is 0 Å². The van der Waals surface area contributed by atoms with Crippen LogP contribution in [0.25, 0.3) is 10.2 Å². The minimum Gasteiger partial charge on any atom is -0.331 e. The number of rotatable bonds is 3. The number of nitrogens with zero attached hydrogens (tertiary/aromatic N) is 1. The molecular formula is C13H16N2OS3. The summed E-state index contributed by atoms with van der Waals surface area (Å²) in [5.41, 5.74) is 0.926. The van der Waals surface area contributed by atoms with Crippen molar-refractivity contribution >= 4 is 45.5 Å². The molecule has 1 N–H and O–H groups in total. The van der Waals surface area contributed by atoms with Crippen molar-refractivity contribution in [3.63, 3.8) is 0 Å². The zero-order chi connectivity index (χ0) is 13.5. The van der Waals surface area contributed by atoms with Gasteiger partial charge in [0.1, 0.15) is 4.70 Å². The minimum atomic E-state index is 0.0640. The third kappa shape index (κ3) is 2.30. The van der Waals surface area contributed by atoms with Crippen LogP contribution in [0.2, 0.25) is 0 Å². The Balaban J connectivity index is 2.10. The van der Waals surface area contributed by atoms with Crippen LogP contribution in [0.1, 0.15) is 25.7 Å². The van der Waals surface area contributed by atoms with Crippen molar-refractivity contribution in [2.45, 2.75) is 37.0 Å². The van der Waals surface area contributed by atoms with Gasteiger partial charge in [-0.2, -0.15) is 11.8 Å². The van der Waals surface area contributed by atoms with Gasteiger partial charge in [0, 0.05) is 11.3 Å². The molecule has 1 aliphatic rings. The van der Waals surface area contributed by atoms with Gasteiger partial charge in [-0.25, -0.2) is 0 Å². The Hall–Kier alpha value is -0.590. The molecule has 2 aromatic rings. The fourth-order valence-electron chi connectivity index (χ4n) is 2.85. The van der Waals surface area contributed by atoms with E-state index in [1.54, 1.807) is 4.57 Å². The van der Waals surface area contributed by atoms with E-state index < -0.39 is 0 Å². The highest BCUT2D eigenvalue weighted by Gasteiger charge is 2.34. The molecule has 3 rings (SSSR count). The van der Waals surface area contributed by atoms with Crippen LogP contribution < -0.4 is 5.56 Å². The fourth-order valence-corrected chi connectivity index (χ4v) is 4.86. The van der Waals surface area contributed by atoms with Crippen molar-refractivity contribution in [1.82, 2.24) is 9.55 Å². The van der Waals surface area contributed by atoms with Crippen molar-refractivity contribution in [3.05, 3.63) is 26.6 Å². The van der Waals surface area contributed by atoms with Crippen LogP contribution in [0, 0.1) is 4.77 Å². The highest BCUT2D eigenvalue weighted by atomic mass is 32.2. The maximum absolute atomic E-state index is 12.5. The molecule has 0 aromatic carbocycles. The smallest absolute Gasteiger partial charge is 0.272 e. The largest absolute Gasteiger partial charge is 0.331 e. The number of aromatic nitrogens is 2. The SMILES string of the molecule is CSC1(Cn2c(=S)[nH]c3ccsc3c2=O)CCCC1. The molecule has 1 saturated carbocycles. The van der Waals surface area contributed by atoms with Gasteiger partial charge in [0.2, 0.25) is 0 Å². The summed E-state index contributed by atoms with van der Waals surface area (Å²) in [6, 6.07) is 1.92. The second-order valence-electron chi connectivity index (χ2n) is 5.08. The summed E-state index contributed by atoms with van der Waals surface area (Å²) in [7, 11) is 0. The quantitative estimate of drug-likeness (QED) is 0.876. The van der Waals surface area contributed by atoms with Crippen LogP contribution in [-0.4, -0.2) is 20.6 Å². The molecule has 0 aliphatic heterocycles. The molecule has 0 bridgehead atoms. The van der Waals surface area contributed by atoms with E-state index in [1.165, 1.54) is 37.0 Å². The third-order valence-corrected chi connectivity index (χ3v) is 6.61. The van der Waals surface area contributed by atoms with Crippen molar-refractivity contribution in [1.29, 1.82) is 0 Å². The molecule has 19 heavy (non-hydrogen) atoms. The number of H-pyrrole nitrogens is 1. The fraction of sp³-hybridized carbons (Fsp3) is 0.538. The summed E-state index contributed by atoms with van der Waals surface area (Å²) < 4.78 is 3.28. The van der Waals surface area contributed by atoms with Crippen molar-refractivity contribution < 1.29 is 0 Å². The number of thiophene rings is 1. The summed E-state index contributed by atoms with van der Waals surface area (Å²) in [5, 5.41) is 1.93. The lowest BCUT2D eigenvalue weighted by Gasteiger charge is -2.27.